The van der Waals surface area contributed by atoms with Gasteiger partial charge >= 0.3 is 0 Å². The molecule has 0 unspecified atom stereocenters. The van der Waals surface area contributed by atoms with Crippen molar-refractivity contribution >= 4 is 22.8 Å². The molecular weight excluding hydrogens is 358 g/mol. The number of aromatic amines is 1. The summed E-state index contributed by atoms with van der Waals surface area (Å²) < 4.78 is 5.62. The van der Waals surface area contributed by atoms with Gasteiger partial charge in [0, 0.05) is 39.0 Å². The molecule has 28 heavy (non-hydrogen) atoms. The van der Waals surface area contributed by atoms with E-state index < -0.39 is 5.41 Å². The first-order valence-corrected chi connectivity index (χ1v) is 9.83. The fourth-order valence-corrected chi connectivity index (χ4v) is 4.32. The van der Waals surface area contributed by atoms with Crippen LogP contribution in [0.1, 0.15) is 12.2 Å². The van der Waals surface area contributed by atoms with Crippen LogP contribution in [0, 0.1) is 11.3 Å². The number of aromatic nitrogens is 2. The molecule has 2 aliphatic heterocycles. The van der Waals surface area contributed by atoms with Gasteiger partial charge in [-0.2, -0.15) is 0 Å². The van der Waals surface area contributed by atoms with Crippen molar-refractivity contribution in [1.82, 2.24) is 25.5 Å². The summed E-state index contributed by atoms with van der Waals surface area (Å²) in [5.41, 5.74) is 1.47. The Morgan fingerprint density at radius 1 is 1.39 bits per heavy atom. The SMILES string of the molecule is CNC(=O)CN1C[C@@H]2COC[C@]2(C(=O)NCCCc2nc3ccccc3[nH]2)C1. The number of benzene rings is 1. The topological polar surface area (TPSA) is 99.3 Å². The molecule has 4 rings (SSSR count). The Hall–Kier alpha value is -2.45. The first-order chi connectivity index (χ1) is 13.6. The lowest BCUT2D eigenvalue weighted by Crippen LogP contribution is -2.47. The summed E-state index contributed by atoms with van der Waals surface area (Å²) in [5.74, 6) is 1.10. The molecule has 150 valence electrons. The Labute approximate surface area is 164 Å². The molecule has 2 saturated heterocycles. The minimum absolute atomic E-state index is 0.0257. The van der Waals surface area contributed by atoms with Crippen molar-refractivity contribution in [1.29, 1.82) is 0 Å². The molecule has 2 fully saturated rings. The van der Waals surface area contributed by atoms with Gasteiger partial charge in [-0.05, 0) is 18.6 Å². The molecule has 2 aliphatic rings. The number of hydrogen-bond donors (Lipinski definition) is 3. The fourth-order valence-electron chi connectivity index (χ4n) is 4.32. The van der Waals surface area contributed by atoms with Gasteiger partial charge in [-0.25, -0.2) is 4.98 Å². The molecule has 0 spiro atoms. The number of ether oxygens (including phenoxy) is 1. The van der Waals surface area contributed by atoms with Crippen molar-refractivity contribution in [3.8, 4) is 0 Å². The van der Waals surface area contributed by atoms with E-state index in [1.54, 1.807) is 7.05 Å². The zero-order valence-corrected chi connectivity index (χ0v) is 16.2. The first-order valence-electron chi connectivity index (χ1n) is 9.83. The van der Waals surface area contributed by atoms with Gasteiger partial charge in [-0.3, -0.25) is 14.5 Å². The van der Waals surface area contributed by atoms with Crippen LogP contribution < -0.4 is 10.6 Å². The van der Waals surface area contributed by atoms with Crippen LogP contribution in [0.5, 0.6) is 0 Å². The Balaban J connectivity index is 1.29. The number of nitrogens with one attached hydrogen (secondary N) is 3. The second-order valence-electron chi connectivity index (χ2n) is 7.77. The number of aryl methyl sites for hydroxylation is 1. The van der Waals surface area contributed by atoms with Crippen molar-refractivity contribution in [2.75, 3.05) is 46.4 Å². The molecule has 3 N–H and O–H groups in total. The monoisotopic (exact) mass is 385 g/mol. The third kappa shape index (κ3) is 3.62. The summed E-state index contributed by atoms with van der Waals surface area (Å²) >= 11 is 0. The maximum absolute atomic E-state index is 13.0. The summed E-state index contributed by atoms with van der Waals surface area (Å²) in [6.45, 7) is 3.22. The van der Waals surface area contributed by atoms with E-state index in [1.165, 1.54) is 0 Å². The average molecular weight is 385 g/mol. The maximum atomic E-state index is 13.0. The number of likely N-dealkylation sites (N-methyl/N-ethyl adjacent to an activating group) is 1. The number of para-hydroxylation sites is 2. The van der Waals surface area contributed by atoms with Gasteiger partial charge < -0.3 is 20.4 Å². The number of amides is 2. The highest BCUT2D eigenvalue weighted by Gasteiger charge is 2.55. The average Bonchev–Trinajstić information content (AvgIpc) is 3.36. The molecule has 2 aromatic rings. The number of nitrogens with zero attached hydrogens (tertiary/aromatic N) is 2. The number of imidazole rings is 1. The molecular formula is C20H27N5O3. The first kappa shape index (κ1) is 18.9. The number of hydrogen-bond acceptors (Lipinski definition) is 5. The van der Waals surface area contributed by atoms with E-state index in [0.717, 1.165) is 36.2 Å². The maximum Gasteiger partial charge on any atom is 0.233 e. The predicted octanol–water partition coefficient (Wildman–Crippen LogP) is 0.306. The summed E-state index contributed by atoms with van der Waals surface area (Å²) in [6.07, 6.45) is 1.60. The highest BCUT2D eigenvalue weighted by Crippen LogP contribution is 2.41. The fraction of sp³-hybridized carbons (Fsp3) is 0.550. The molecule has 8 nitrogen and oxygen atoms in total. The van der Waals surface area contributed by atoms with Crippen molar-refractivity contribution in [3.05, 3.63) is 30.1 Å². The lowest BCUT2D eigenvalue weighted by atomic mass is 9.80. The van der Waals surface area contributed by atoms with Gasteiger partial charge in [0.15, 0.2) is 0 Å². The molecule has 0 bridgehead atoms. The quantitative estimate of drug-likeness (QED) is 0.596. The molecule has 1 aromatic carbocycles. The number of fused-ring (bicyclic) bond motifs is 2. The van der Waals surface area contributed by atoms with E-state index in [0.29, 0.717) is 32.8 Å². The van der Waals surface area contributed by atoms with Crippen molar-refractivity contribution in [2.24, 2.45) is 11.3 Å². The molecule has 2 amide bonds. The molecule has 3 heterocycles. The van der Waals surface area contributed by atoms with Crippen LogP contribution in [-0.4, -0.2) is 73.1 Å². The highest BCUT2D eigenvalue weighted by molar-refractivity contribution is 5.84. The molecule has 0 aliphatic carbocycles. The van der Waals surface area contributed by atoms with Crippen LogP contribution in [0.15, 0.2) is 24.3 Å². The lowest BCUT2D eigenvalue weighted by Gasteiger charge is -2.26. The smallest absolute Gasteiger partial charge is 0.233 e. The lowest BCUT2D eigenvalue weighted by molar-refractivity contribution is -0.132. The van der Waals surface area contributed by atoms with Crippen molar-refractivity contribution in [2.45, 2.75) is 12.8 Å². The highest BCUT2D eigenvalue weighted by atomic mass is 16.5. The van der Waals surface area contributed by atoms with Crippen LogP contribution in [0.4, 0.5) is 0 Å². The van der Waals surface area contributed by atoms with Crippen molar-refractivity contribution in [3.63, 3.8) is 0 Å². The molecule has 1 aromatic heterocycles. The third-order valence-electron chi connectivity index (χ3n) is 5.86. The molecule has 0 saturated carbocycles. The van der Waals surface area contributed by atoms with E-state index in [2.05, 4.69) is 25.5 Å². The molecule has 2 atom stereocenters. The number of carbonyl (C=O) groups is 2. The van der Waals surface area contributed by atoms with E-state index in [-0.39, 0.29) is 17.7 Å². The zero-order valence-electron chi connectivity index (χ0n) is 16.2. The summed E-state index contributed by atoms with van der Waals surface area (Å²) in [6, 6.07) is 7.96. The van der Waals surface area contributed by atoms with Crippen LogP contribution in [-0.2, 0) is 20.7 Å². The Morgan fingerprint density at radius 3 is 3.07 bits per heavy atom. The summed E-state index contributed by atoms with van der Waals surface area (Å²) in [5, 5.41) is 5.74. The van der Waals surface area contributed by atoms with Crippen LogP contribution in [0.25, 0.3) is 11.0 Å². The summed E-state index contributed by atoms with van der Waals surface area (Å²) in [7, 11) is 1.63. The molecule has 8 heteroatoms. The van der Waals surface area contributed by atoms with Crippen LogP contribution >= 0.6 is 0 Å². The molecule has 0 radical (unpaired) electrons. The van der Waals surface area contributed by atoms with Gasteiger partial charge in [0.1, 0.15) is 5.82 Å². The van der Waals surface area contributed by atoms with Gasteiger partial charge in [-0.1, -0.05) is 12.1 Å². The second kappa shape index (κ2) is 7.89. The minimum Gasteiger partial charge on any atom is -0.380 e. The van der Waals surface area contributed by atoms with E-state index in [4.69, 9.17) is 4.74 Å². The van der Waals surface area contributed by atoms with Gasteiger partial charge in [-0.15, -0.1) is 0 Å². The number of carbonyl (C=O) groups excluding carboxylic acids is 2. The van der Waals surface area contributed by atoms with E-state index >= 15 is 0 Å². The van der Waals surface area contributed by atoms with Crippen LogP contribution in [0.3, 0.4) is 0 Å². The summed E-state index contributed by atoms with van der Waals surface area (Å²) in [4.78, 5) is 34.6. The van der Waals surface area contributed by atoms with Crippen LogP contribution in [0.2, 0.25) is 0 Å². The predicted molar refractivity (Wildman–Crippen MR) is 105 cm³/mol. The minimum atomic E-state index is -0.534. The Bertz CT molecular complexity index is 833. The second-order valence-corrected chi connectivity index (χ2v) is 7.77. The van der Waals surface area contributed by atoms with Gasteiger partial charge in [0.05, 0.1) is 36.2 Å². The largest absolute Gasteiger partial charge is 0.380 e. The van der Waals surface area contributed by atoms with E-state index in [1.807, 2.05) is 24.3 Å². The number of rotatable bonds is 7. The van der Waals surface area contributed by atoms with Crippen molar-refractivity contribution < 1.29 is 14.3 Å². The standard InChI is InChI=1S/C20H27N5O3/c1-21-18(26)10-25-9-14-11-28-13-20(14,12-25)19(27)22-8-4-7-17-23-15-5-2-3-6-16(15)24-17/h2-3,5-6,14H,4,7-13H2,1H3,(H,21,26)(H,22,27)(H,23,24)/t14-,20-/m1/s1. The third-order valence-corrected chi connectivity index (χ3v) is 5.86. The zero-order chi connectivity index (χ0) is 19.6. The van der Waals surface area contributed by atoms with Gasteiger partial charge in [0.2, 0.25) is 11.8 Å². The number of H-pyrrole nitrogens is 1. The van der Waals surface area contributed by atoms with E-state index in [9.17, 15) is 9.59 Å². The Morgan fingerprint density at radius 2 is 2.25 bits per heavy atom. The normalized spacial score (nSPS) is 24.4. The Kier molecular flexibility index (Phi) is 5.32. The van der Waals surface area contributed by atoms with Gasteiger partial charge in [0.25, 0.3) is 0 Å². The number of likely N-dealkylation sites (tertiary alicyclic amines) is 1.